The lowest BCUT2D eigenvalue weighted by atomic mass is 10.0. The first-order valence-corrected chi connectivity index (χ1v) is 6.73. The van der Waals surface area contributed by atoms with Gasteiger partial charge in [-0.05, 0) is 29.3 Å². The Labute approximate surface area is 122 Å². The van der Waals surface area contributed by atoms with E-state index in [1.807, 2.05) is 48.5 Å². The number of aromatic nitrogens is 1. The summed E-state index contributed by atoms with van der Waals surface area (Å²) in [7, 11) is 0. The first-order chi connectivity index (χ1) is 10.2. The van der Waals surface area contributed by atoms with Gasteiger partial charge in [-0.3, -0.25) is 0 Å². The standard InChI is InChI=1S/C18H15NO2/c1-2-10-19-16-9-8-14(13-6-4-3-5-7-13)11-15(16)12-17(19)18(20)21/h2-9,11-12H,1,10H2,(H,20,21). The second-order valence-corrected chi connectivity index (χ2v) is 4.87. The van der Waals surface area contributed by atoms with Crippen LogP contribution < -0.4 is 0 Å². The molecule has 0 fully saturated rings. The van der Waals surface area contributed by atoms with Gasteiger partial charge < -0.3 is 9.67 Å². The van der Waals surface area contributed by atoms with Crippen LogP contribution in [0.1, 0.15) is 10.5 Å². The molecule has 0 aliphatic rings. The zero-order valence-corrected chi connectivity index (χ0v) is 11.5. The number of carboxylic acid groups (broad SMARTS) is 1. The van der Waals surface area contributed by atoms with Crippen molar-refractivity contribution >= 4 is 16.9 Å². The van der Waals surface area contributed by atoms with E-state index in [-0.39, 0.29) is 5.69 Å². The number of hydrogen-bond acceptors (Lipinski definition) is 1. The molecule has 0 saturated heterocycles. The topological polar surface area (TPSA) is 42.2 Å². The Bertz CT molecular complexity index is 816. The van der Waals surface area contributed by atoms with Gasteiger partial charge in [-0.25, -0.2) is 4.79 Å². The third kappa shape index (κ3) is 2.34. The minimum Gasteiger partial charge on any atom is -0.477 e. The molecule has 104 valence electrons. The van der Waals surface area contributed by atoms with Gasteiger partial charge in [0.25, 0.3) is 0 Å². The molecule has 2 aromatic carbocycles. The maximum Gasteiger partial charge on any atom is 0.352 e. The van der Waals surface area contributed by atoms with Gasteiger partial charge in [-0.2, -0.15) is 0 Å². The van der Waals surface area contributed by atoms with E-state index in [4.69, 9.17) is 0 Å². The molecule has 21 heavy (non-hydrogen) atoms. The van der Waals surface area contributed by atoms with Gasteiger partial charge in [0.1, 0.15) is 5.69 Å². The van der Waals surface area contributed by atoms with Crippen molar-refractivity contribution in [3.63, 3.8) is 0 Å². The lowest BCUT2D eigenvalue weighted by Crippen LogP contribution is -2.06. The molecule has 0 aliphatic heterocycles. The van der Waals surface area contributed by atoms with Crippen molar-refractivity contribution in [1.82, 2.24) is 4.57 Å². The van der Waals surface area contributed by atoms with Gasteiger partial charge in [0.15, 0.2) is 0 Å². The molecular formula is C18H15NO2. The summed E-state index contributed by atoms with van der Waals surface area (Å²) in [6.45, 7) is 4.18. The smallest absolute Gasteiger partial charge is 0.352 e. The first kappa shape index (κ1) is 13.2. The fraction of sp³-hybridized carbons (Fsp3) is 0.0556. The number of aromatic carboxylic acids is 1. The number of allylic oxidation sites excluding steroid dienone is 1. The molecule has 0 atom stereocenters. The predicted octanol–water partition coefficient (Wildman–Crippen LogP) is 4.19. The molecule has 3 rings (SSSR count). The molecule has 0 radical (unpaired) electrons. The Morgan fingerprint density at radius 1 is 1.10 bits per heavy atom. The normalized spacial score (nSPS) is 10.7. The van der Waals surface area contributed by atoms with Crippen molar-refractivity contribution in [2.24, 2.45) is 0 Å². The van der Waals surface area contributed by atoms with Crippen molar-refractivity contribution in [1.29, 1.82) is 0 Å². The van der Waals surface area contributed by atoms with Crippen LogP contribution in [0.4, 0.5) is 0 Å². The maximum absolute atomic E-state index is 11.4. The molecule has 0 saturated carbocycles. The summed E-state index contributed by atoms with van der Waals surface area (Å²) in [6.07, 6.45) is 1.71. The van der Waals surface area contributed by atoms with Gasteiger partial charge in [0.05, 0.1) is 0 Å². The minimum absolute atomic E-state index is 0.287. The van der Waals surface area contributed by atoms with Crippen LogP contribution in [0.15, 0.2) is 67.3 Å². The summed E-state index contributed by atoms with van der Waals surface area (Å²) in [5, 5.41) is 10.3. The van der Waals surface area contributed by atoms with Crippen molar-refractivity contribution in [2.75, 3.05) is 0 Å². The van der Waals surface area contributed by atoms with Gasteiger partial charge in [-0.15, -0.1) is 6.58 Å². The molecule has 3 heteroatoms. The Morgan fingerprint density at radius 2 is 1.86 bits per heavy atom. The molecule has 1 N–H and O–H groups in total. The summed E-state index contributed by atoms with van der Waals surface area (Å²) in [5.41, 5.74) is 3.39. The third-order valence-corrected chi connectivity index (χ3v) is 3.54. The van der Waals surface area contributed by atoms with E-state index in [2.05, 4.69) is 6.58 Å². The summed E-state index contributed by atoms with van der Waals surface area (Å²) < 4.78 is 1.76. The van der Waals surface area contributed by atoms with Crippen molar-refractivity contribution < 1.29 is 9.90 Å². The molecule has 0 unspecified atom stereocenters. The van der Waals surface area contributed by atoms with Gasteiger partial charge >= 0.3 is 5.97 Å². The van der Waals surface area contributed by atoms with E-state index < -0.39 is 5.97 Å². The maximum atomic E-state index is 11.4. The summed E-state index contributed by atoms with van der Waals surface area (Å²) in [6, 6.07) is 17.8. The number of rotatable bonds is 4. The molecule has 0 amide bonds. The fourth-order valence-electron chi connectivity index (χ4n) is 2.58. The fourth-order valence-corrected chi connectivity index (χ4v) is 2.58. The van der Waals surface area contributed by atoms with Crippen LogP contribution in [-0.2, 0) is 6.54 Å². The van der Waals surface area contributed by atoms with E-state index in [0.717, 1.165) is 22.0 Å². The summed E-state index contributed by atoms with van der Waals surface area (Å²) >= 11 is 0. The van der Waals surface area contributed by atoms with Gasteiger partial charge in [0, 0.05) is 17.4 Å². The lowest BCUT2D eigenvalue weighted by Gasteiger charge is -2.06. The highest BCUT2D eigenvalue weighted by Gasteiger charge is 2.14. The molecule has 0 aliphatic carbocycles. The van der Waals surface area contributed by atoms with E-state index in [1.54, 1.807) is 16.7 Å². The summed E-state index contributed by atoms with van der Waals surface area (Å²) in [4.78, 5) is 11.4. The molecule has 0 spiro atoms. The number of nitrogens with zero attached hydrogens (tertiary/aromatic N) is 1. The number of carboxylic acids is 1. The van der Waals surface area contributed by atoms with E-state index in [1.165, 1.54) is 0 Å². The monoisotopic (exact) mass is 277 g/mol. The highest BCUT2D eigenvalue weighted by Crippen LogP contribution is 2.27. The number of benzene rings is 2. The number of hydrogen-bond donors (Lipinski definition) is 1. The van der Waals surface area contributed by atoms with Crippen LogP contribution in [-0.4, -0.2) is 15.6 Å². The summed E-state index contributed by atoms with van der Waals surface area (Å²) in [5.74, 6) is -0.922. The Balaban J connectivity index is 2.19. The molecule has 1 aromatic heterocycles. The highest BCUT2D eigenvalue weighted by molar-refractivity contribution is 5.96. The van der Waals surface area contributed by atoms with Gasteiger partial charge in [0.2, 0.25) is 0 Å². The van der Waals surface area contributed by atoms with E-state index >= 15 is 0 Å². The van der Waals surface area contributed by atoms with Crippen molar-refractivity contribution in [2.45, 2.75) is 6.54 Å². The average Bonchev–Trinajstić information content (AvgIpc) is 2.87. The van der Waals surface area contributed by atoms with E-state index in [0.29, 0.717) is 6.54 Å². The first-order valence-electron chi connectivity index (χ1n) is 6.73. The minimum atomic E-state index is -0.922. The Hall–Kier alpha value is -2.81. The largest absolute Gasteiger partial charge is 0.477 e. The Kier molecular flexibility index (Phi) is 3.32. The second kappa shape index (κ2) is 5.29. The zero-order chi connectivity index (χ0) is 14.8. The van der Waals surface area contributed by atoms with Crippen molar-refractivity contribution in [3.05, 3.63) is 72.9 Å². The number of fused-ring (bicyclic) bond motifs is 1. The lowest BCUT2D eigenvalue weighted by molar-refractivity contribution is 0.0686. The predicted molar refractivity (Wildman–Crippen MR) is 84.5 cm³/mol. The van der Waals surface area contributed by atoms with Crippen LogP contribution in [0.2, 0.25) is 0 Å². The van der Waals surface area contributed by atoms with E-state index in [9.17, 15) is 9.90 Å². The van der Waals surface area contributed by atoms with Crippen LogP contribution in [0, 0.1) is 0 Å². The second-order valence-electron chi connectivity index (χ2n) is 4.87. The van der Waals surface area contributed by atoms with Crippen LogP contribution in [0.5, 0.6) is 0 Å². The van der Waals surface area contributed by atoms with Crippen LogP contribution in [0.25, 0.3) is 22.0 Å². The third-order valence-electron chi connectivity index (χ3n) is 3.54. The SMILES string of the molecule is C=CCn1c(C(=O)O)cc2cc(-c3ccccc3)ccc21. The van der Waals surface area contributed by atoms with Crippen LogP contribution >= 0.6 is 0 Å². The quantitative estimate of drug-likeness (QED) is 0.726. The average molecular weight is 277 g/mol. The number of carbonyl (C=O) groups is 1. The molecule has 3 aromatic rings. The zero-order valence-electron chi connectivity index (χ0n) is 11.5. The molecular weight excluding hydrogens is 262 g/mol. The molecule has 3 nitrogen and oxygen atoms in total. The molecule has 1 heterocycles. The van der Waals surface area contributed by atoms with Crippen molar-refractivity contribution in [3.8, 4) is 11.1 Å². The highest BCUT2D eigenvalue weighted by atomic mass is 16.4. The molecule has 0 bridgehead atoms. The Morgan fingerprint density at radius 3 is 2.52 bits per heavy atom. The van der Waals surface area contributed by atoms with Gasteiger partial charge in [-0.1, -0.05) is 42.5 Å². The van der Waals surface area contributed by atoms with Crippen LogP contribution in [0.3, 0.4) is 0 Å².